The van der Waals surface area contributed by atoms with Crippen LogP contribution in [0.4, 0.5) is 0 Å². The van der Waals surface area contributed by atoms with Crippen LogP contribution in [0.2, 0.25) is 0 Å². The number of hydrogen-bond acceptors (Lipinski definition) is 0. The van der Waals surface area contributed by atoms with Gasteiger partial charge in [0.1, 0.15) is 0 Å². The van der Waals surface area contributed by atoms with Crippen molar-refractivity contribution in [1.29, 1.82) is 0 Å². The first-order chi connectivity index (χ1) is 7.96. The van der Waals surface area contributed by atoms with Crippen LogP contribution in [0.5, 0.6) is 0 Å². The van der Waals surface area contributed by atoms with Crippen LogP contribution in [-0.2, 0) is 0 Å². The Balaban J connectivity index is 2.20. The van der Waals surface area contributed by atoms with Gasteiger partial charge in [-0.25, -0.2) is 0 Å². The molecule has 17 heavy (non-hydrogen) atoms. The van der Waals surface area contributed by atoms with Crippen molar-refractivity contribution in [2.45, 2.75) is 34.1 Å². The van der Waals surface area contributed by atoms with Crippen molar-refractivity contribution in [2.24, 2.45) is 22.7 Å². The summed E-state index contributed by atoms with van der Waals surface area (Å²) in [5.74, 6) is 1.24. The molecule has 0 aromatic heterocycles. The molecular weight excluding hydrogens is 204 g/mol. The van der Waals surface area contributed by atoms with Gasteiger partial charge in [0, 0.05) is 0 Å². The van der Waals surface area contributed by atoms with Crippen LogP contribution in [0.15, 0.2) is 48.6 Å². The van der Waals surface area contributed by atoms with Gasteiger partial charge in [0.05, 0.1) is 0 Å². The van der Waals surface area contributed by atoms with Crippen molar-refractivity contribution >= 4 is 0 Å². The zero-order valence-corrected chi connectivity index (χ0v) is 11.5. The van der Waals surface area contributed by atoms with E-state index in [1.807, 2.05) is 0 Å². The fraction of sp³-hybridized carbons (Fsp3) is 0.529. The highest BCUT2D eigenvalue weighted by Gasteiger charge is 2.38. The molecule has 4 unspecified atom stereocenters. The van der Waals surface area contributed by atoms with Gasteiger partial charge in [-0.1, -0.05) is 76.3 Å². The molecule has 0 bridgehead atoms. The SMILES string of the molecule is CC1C=CC=CC1(C)CC1(C)C=CC=CC1C. The maximum absolute atomic E-state index is 2.39. The van der Waals surface area contributed by atoms with Crippen LogP contribution in [0.25, 0.3) is 0 Å². The number of allylic oxidation sites excluding steroid dienone is 8. The van der Waals surface area contributed by atoms with Crippen LogP contribution in [0, 0.1) is 22.7 Å². The summed E-state index contributed by atoms with van der Waals surface area (Å²) < 4.78 is 0. The molecule has 0 aliphatic heterocycles. The highest BCUT2D eigenvalue weighted by molar-refractivity contribution is 5.23. The topological polar surface area (TPSA) is 0 Å². The van der Waals surface area contributed by atoms with Crippen molar-refractivity contribution in [3.8, 4) is 0 Å². The lowest BCUT2D eigenvalue weighted by atomic mass is 9.61. The summed E-state index contributed by atoms with van der Waals surface area (Å²) in [6.45, 7) is 9.44. The molecule has 0 aromatic carbocycles. The average Bonchev–Trinajstić information content (AvgIpc) is 2.27. The standard InChI is InChI=1S/C17H24/c1-14-9-5-7-11-16(14,3)13-17(4)12-8-6-10-15(17)2/h5-12,14-15H,13H2,1-4H3. The van der Waals surface area contributed by atoms with E-state index >= 15 is 0 Å². The Morgan fingerprint density at radius 1 is 0.765 bits per heavy atom. The van der Waals surface area contributed by atoms with Gasteiger partial charge >= 0.3 is 0 Å². The highest BCUT2D eigenvalue weighted by Crippen LogP contribution is 2.48. The summed E-state index contributed by atoms with van der Waals surface area (Å²) in [4.78, 5) is 0. The molecule has 0 aromatic rings. The molecule has 0 nitrogen and oxygen atoms in total. The molecule has 0 heteroatoms. The first kappa shape index (κ1) is 12.4. The Labute approximate surface area is 106 Å². The van der Waals surface area contributed by atoms with E-state index in [1.165, 1.54) is 6.42 Å². The molecule has 2 rings (SSSR count). The molecule has 0 amide bonds. The fourth-order valence-corrected chi connectivity index (χ4v) is 3.02. The number of rotatable bonds is 2. The van der Waals surface area contributed by atoms with E-state index in [4.69, 9.17) is 0 Å². The van der Waals surface area contributed by atoms with E-state index in [9.17, 15) is 0 Å². The van der Waals surface area contributed by atoms with Crippen molar-refractivity contribution in [1.82, 2.24) is 0 Å². The minimum absolute atomic E-state index is 0.285. The van der Waals surface area contributed by atoms with Gasteiger partial charge in [-0.2, -0.15) is 0 Å². The third kappa shape index (κ3) is 2.31. The van der Waals surface area contributed by atoms with Gasteiger partial charge in [0.2, 0.25) is 0 Å². The lowest BCUT2D eigenvalue weighted by Gasteiger charge is -2.43. The van der Waals surface area contributed by atoms with Gasteiger partial charge < -0.3 is 0 Å². The maximum Gasteiger partial charge on any atom is -0.00749 e. The molecular formula is C17H24. The molecule has 92 valence electrons. The quantitative estimate of drug-likeness (QED) is 0.629. The van der Waals surface area contributed by atoms with E-state index in [-0.39, 0.29) is 10.8 Å². The van der Waals surface area contributed by atoms with E-state index in [2.05, 4.69) is 76.3 Å². The monoisotopic (exact) mass is 228 g/mol. The molecule has 0 radical (unpaired) electrons. The van der Waals surface area contributed by atoms with Crippen LogP contribution < -0.4 is 0 Å². The lowest BCUT2D eigenvalue weighted by Crippen LogP contribution is -2.34. The van der Waals surface area contributed by atoms with Crippen LogP contribution in [-0.4, -0.2) is 0 Å². The number of hydrogen-bond donors (Lipinski definition) is 0. The minimum Gasteiger partial charge on any atom is -0.0808 e. The highest BCUT2D eigenvalue weighted by atomic mass is 14.4. The summed E-state index contributed by atoms with van der Waals surface area (Å²) in [5, 5.41) is 0. The lowest BCUT2D eigenvalue weighted by molar-refractivity contribution is 0.171. The summed E-state index contributed by atoms with van der Waals surface area (Å²) in [6.07, 6.45) is 19.4. The smallest absolute Gasteiger partial charge is 0.00749 e. The Bertz CT molecular complexity index is 358. The largest absolute Gasteiger partial charge is 0.0808 e. The van der Waals surface area contributed by atoms with Gasteiger partial charge in [-0.15, -0.1) is 0 Å². The summed E-state index contributed by atoms with van der Waals surface area (Å²) in [6, 6.07) is 0. The third-order valence-corrected chi connectivity index (χ3v) is 4.82. The van der Waals surface area contributed by atoms with Gasteiger partial charge in [0.25, 0.3) is 0 Å². The second kappa shape index (κ2) is 4.33. The molecule has 2 aliphatic rings. The van der Waals surface area contributed by atoms with E-state index in [1.54, 1.807) is 0 Å². The molecule has 0 fully saturated rings. The van der Waals surface area contributed by atoms with Crippen molar-refractivity contribution in [2.75, 3.05) is 0 Å². The molecule has 2 aliphatic carbocycles. The normalized spacial score (nSPS) is 44.2. The molecule has 0 N–H and O–H groups in total. The summed E-state index contributed by atoms with van der Waals surface area (Å²) >= 11 is 0. The Morgan fingerprint density at radius 2 is 1.18 bits per heavy atom. The molecule has 4 atom stereocenters. The maximum atomic E-state index is 2.39. The third-order valence-electron chi connectivity index (χ3n) is 4.82. The van der Waals surface area contributed by atoms with E-state index in [0.29, 0.717) is 11.8 Å². The molecule has 0 saturated heterocycles. The Morgan fingerprint density at radius 3 is 1.53 bits per heavy atom. The van der Waals surface area contributed by atoms with Crippen molar-refractivity contribution in [3.63, 3.8) is 0 Å². The zero-order chi connectivity index (χ0) is 12.5. The minimum atomic E-state index is 0.285. The van der Waals surface area contributed by atoms with Crippen LogP contribution >= 0.6 is 0 Å². The van der Waals surface area contributed by atoms with E-state index < -0.39 is 0 Å². The Kier molecular flexibility index (Phi) is 3.16. The Hall–Kier alpha value is -1.04. The second-order valence-electron chi connectivity index (χ2n) is 6.25. The average molecular weight is 228 g/mol. The van der Waals surface area contributed by atoms with Gasteiger partial charge in [0.15, 0.2) is 0 Å². The van der Waals surface area contributed by atoms with Gasteiger partial charge in [-0.05, 0) is 29.1 Å². The summed E-state index contributed by atoms with van der Waals surface area (Å²) in [5.41, 5.74) is 0.570. The zero-order valence-electron chi connectivity index (χ0n) is 11.5. The van der Waals surface area contributed by atoms with Crippen LogP contribution in [0.1, 0.15) is 34.1 Å². The predicted octanol–water partition coefficient (Wildman–Crippen LogP) is 4.91. The molecule has 0 heterocycles. The predicted molar refractivity (Wildman–Crippen MR) is 75.7 cm³/mol. The van der Waals surface area contributed by atoms with E-state index in [0.717, 1.165) is 0 Å². The van der Waals surface area contributed by atoms with Crippen molar-refractivity contribution < 1.29 is 0 Å². The summed E-state index contributed by atoms with van der Waals surface area (Å²) in [7, 11) is 0. The van der Waals surface area contributed by atoms with Gasteiger partial charge in [-0.3, -0.25) is 0 Å². The first-order valence-corrected chi connectivity index (χ1v) is 6.68. The fourth-order valence-electron chi connectivity index (χ4n) is 3.02. The second-order valence-corrected chi connectivity index (χ2v) is 6.25. The molecule has 0 saturated carbocycles. The molecule has 0 spiro atoms. The first-order valence-electron chi connectivity index (χ1n) is 6.68. The van der Waals surface area contributed by atoms with Crippen LogP contribution in [0.3, 0.4) is 0 Å². The van der Waals surface area contributed by atoms with Crippen molar-refractivity contribution in [3.05, 3.63) is 48.6 Å².